The van der Waals surface area contributed by atoms with Crippen molar-refractivity contribution in [3.05, 3.63) is 35.7 Å². The molecule has 0 fully saturated rings. The molecule has 25 heavy (non-hydrogen) atoms. The molecule has 4 heteroatoms. The van der Waals surface area contributed by atoms with Crippen LogP contribution in [0.15, 0.2) is 24.4 Å². The number of rotatable bonds is 9. The van der Waals surface area contributed by atoms with Crippen LogP contribution in [0.3, 0.4) is 0 Å². The normalized spacial score (nSPS) is 11.7. The number of hydrogen-bond acceptors (Lipinski definition) is 3. The first-order valence-corrected chi connectivity index (χ1v) is 9.43. The molecule has 2 rings (SSSR count). The van der Waals surface area contributed by atoms with E-state index in [4.69, 9.17) is 4.74 Å². The van der Waals surface area contributed by atoms with Crippen molar-refractivity contribution in [2.24, 2.45) is 0 Å². The first-order valence-electron chi connectivity index (χ1n) is 9.43. The van der Waals surface area contributed by atoms with E-state index in [-0.39, 0.29) is 6.10 Å². The highest BCUT2D eigenvalue weighted by Crippen LogP contribution is 2.31. The lowest BCUT2D eigenvalue weighted by molar-refractivity contribution is 0.242. The standard InChI is InChI=1S/C21H33N3O/c1-7-8-9-24(6)14-21-20(13-22-23-21)18-10-17(15(2)3)11-19(12-18)25-16(4)5/h10-13,15-16H,7-9,14H2,1-6H3,(H,22,23). The predicted molar refractivity (Wildman–Crippen MR) is 105 cm³/mol. The second kappa shape index (κ2) is 9.04. The average Bonchev–Trinajstić information content (AvgIpc) is 3.00. The lowest BCUT2D eigenvalue weighted by Gasteiger charge is -2.18. The molecule has 0 saturated heterocycles. The van der Waals surface area contributed by atoms with Gasteiger partial charge in [0, 0.05) is 12.1 Å². The van der Waals surface area contributed by atoms with Gasteiger partial charge in [-0.05, 0) is 63.0 Å². The van der Waals surface area contributed by atoms with Crippen molar-refractivity contribution >= 4 is 0 Å². The van der Waals surface area contributed by atoms with Crippen molar-refractivity contribution in [3.63, 3.8) is 0 Å². The topological polar surface area (TPSA) is 41.2 Å². The molecule has 0 atom stereocenters. The van der Waals surface area contributed by atoms with Gasteiger partial charge in [-0.15, -0.1) is 0 Å². The van der Waals surface area contributed by atoms with Crippen LogP contribution in [-0.4, -0.2) is 34.8 Å². The molecule has 1 heterocycles. The zero-order valence-electron chi connectivity index (χ0n) is 16.6. The summed E-state index contributed by atoms with van der Waals surface area (Å²) in [7, 11) is 2.16. The van der Waals surface area contributed by atoms with Crippen LogP contribution in [0.5, 0.6) is 5.75 Å². The Morgan fingerprint density at radius 3 is 2.56 bits per heavy atom. The smallest absolute Gasteiger partial charge is 0.120 e. The molecule has 4 nitrogen and oxygen atoms in total. The van der Waals surface area contributed by atoms with Crippen molar-refractivity contribution < 1.29 is 4.74 Å². The molecule has 138 valence electrons. The second-order valence-electron chi connectivity index (χ2n) is 7.47. The maximum absolute atomic E-state index is 5.98. The number of ether oxygens (including phenoxy) is 1. The van der Waals surface area contributed by atoms with E-state index in [1.807, 2.05) is 6.20 Å². The van der Waals surface area contributed by atoms with Gasteiger partial charge in [-0.25, -0.2) is 0 Å². The molecule has 0 amide bonds. The van der Waals surface area contributed by atoms with Gasteiger partial charge >= 0.3 is 0 Å². The molecule has 0 bridgehead atoms. The van der Waals surface area contributed by atoms with E-state index in [1.54, 1.807) is 0 Å². The van der Waals surface area contributed by atoms with E-state index >= 15 is 0 Å². The molecule has 0 aliphatic carbocycles. The van der Waals surface area contributed by atoms with Gasteiger partial charge < -0.3 is 9.64 Å². The summed E-state index contributed by atoms with van der Waals surface area (Å²) < 4.78 is 5.98. The van der Waals surface area contributed by atoms with Gasteiger partial charge in [-0.3, -0.25) is 5.10 Å². The van der Waals surface area contributed by atoms with Crippen LogP contribution in [0.2, 0.25) is 0 Å². The third kappa shape index (κ3) is 5.60. The van der Waals surface area contributed by atoms with Gasteiger partial charge in [-0.2, -0.15) is 5.10 Å². The van der Waals surface area contributed by atoms with E-state index < -0.39 is 0 Å². The molecule has 0 aliphatic heterocycles. The number of benzene rings is 1. The minimum Gasteiger partial charge on any atom is -0.491 e. The quantitative estimate of drug-likeness (QED) is 0.678. The van der Waals surface area contributed by atoms with Crippen LogP contribution >= 0.6 is 0 Å². The number of unbranched alkanes of at least 4 members (excludes halogenated alkanes) is 1. The fourth-order valence-corrected chi connectivity index (χ4v) is 2.91. The van der Waals surface area contributed by atoms with Gasteiger partial charge in [0.25, 0.3) is 0 Å². The summed E-state index contributed by atoms with van der Waals surface area (Å²) in [4.78, 5) is 2.35. The van der Waals surface area contributed by atoms with E-state index in [2.05, 4.69) is 75.0 Å². The van der Waals surface area contributed by atoms with Crippen LogP contribution in [0.25, 0.3) is 11.1 Å². The Morgan fingerprint density at radius 1 is 1.16 bits per heavy atom. The van der Waals surface area contributed by atoms with Crippen LogP contribution in [-0.2, 0) is 6.54 Å². The fraction of sp³-hybridized carbons (Fsp3) is 0.571. The van der Waals surface area contributed by atoms with Gasteiger partial charge in [0.05, 0.1) is 18.0 Å². The van der Waals surface area contributed by atoms with Gasteiger partial charge in [0.2, 0.25) is 0 Å². The first kappa shape index (κ1) is 19.5. The van der Waals surface area contributed by atoms with E-state index in [9.17, 15) is 0 Å². The monoisotopic (exact) mass is 343 g/mol. The molecule has 1 aromatic carbocycles. The highest BCUT2D eigenvalue weighted by atomic mass is 16.5. The molecule has 1 N–H and O–H groups in total. The van der Waals surface area contributed by atoms with E-state index in [0.717, 1.165) is 24.5 Å². The second-order valence-corrected chi connectivity index (χ2v) is 7.47. The average molecular weight is 344 g/mol. The summed E-state index contributed by atoms with van der Waals surface area (Å²) in [5.74, 6) is 1.39. The molecule has 0 saturated carbocycles. The van der Waals surface area contributed by atoms with Gasteiger partial charge in [0.1, 0.15) is 5.75 Å². The molecule has 2 aromatic rings. The maximum atomic E-state index is 5.98. The minimum absolute atomic E-state index is 0.166. The third-order valence-corrected chi connectivity index (χ3v) is 4.32. The molecule has 0 radical (unpaired) electrons. The summed E-state index contributed by atoms with van der Waals surface area (Å²) in [6, 6.07) is 6.55. The Morgan fingerprint density at radius 2 is 1.92 bits per heavy atom. The Balaban J connectivity index is 2.31. The summed E-state index contributed by atoms with van der Waals surface area (Å²) in [5, 5.41) is 7.49. The van der Waals surface area contributed by atoms with Crippen molar-refractivity contribution in [1.29, 1.82) is 0 Å². The lowest BCUT2D eigenvalue weighted by Crippen LogP contribution is -2.19. The predicted octanol–water partition coefficient (Wildman–Crippen LogP) is 5.22. The highest BCUT2D eigenvalue weighted by molar-refractivity contribution is 5.68. The number of aromatic amines is 1. The molecular weight excluding hydrogens is 310 g/mol. The maximum Gasteiger partial charge on any atom is 0.120 e. The third-order valence-electron chi connectivity index (χ3n) is 4.32. The molecule has 0 unspecified atom stereocenters. The summed E-state index contributed by atoms with van der Waals surface area (Å²) in [6.45, 7) is 12.8. The SMILES string of the molecule is CCCCN(C)Cc1[nH]ncc1-c1cc(OC(C)C)cc(C(C)C)c1. The van der Waals surface area contributed by atoms with E-state index in [0.29, 0.717) is 5.92 Å². The van der Waals surface area contributed by atoms with Crippen LogP contribution < -0.4 is 4.74 Å². The largest absolute Gasteiger partial charge is 0.491 e. The molecule has 1 aromatic heterocycles. The Labute approximate surface area is 152 Å². The zero-order valence-corrected chi connectivity index (χ0v) is 16.6. The van der Waals surface area contributed by atoms with Crippen LogP contribution in [0, 0.1) is 0 Å². The fourth-order valence-electron chi connectivity index (χ4n) is 2.91. The molecule has 0 spiro atoms. The molecule has 0 aliphatic rings. The highest BCUT2D eigenvalue weighted by Gasteiger charge is 2.14. The van der Waals surface area contributed by atoms with Crippen molar-refractivity contribution in [1.82, 2.24) is 15.1 Å². The summed E-state index contributed by atoms with van der Waals surface area (Å²) in [6.07, 6.45) is 4.53. The summed E-state index contributed by atoms with van der Waals surface area (Å²) in [5.41, 5.74) is 4.79. The number of hydrogen-bond donors (Lipinski definition) is 1. The Bertz CT molecular complexity index is 661. The van der Waals surface area contributed by atoms with Gasteiger partial charge in [0.15, 0.2) is 0 Å². The molecular formula is C21H33N3O. The van der Waals surface area contributed by atoms with Crippen LogP contribution in [0.1, 0.15) is 64.6 Å². The number of H-pyrrole nitrogens is 1. The minimum atomic E-state index is 0.166. The Hall–Kier alpha value is -1.81. The van der Waals surface area contributed by atoms with Crippen molar-refractivity contribution in [3.8, 4) is 16.9 Å². The number of aromatic nitrogens is 2. The van der Waals surface area contributed by atoms with Crippen molar-refractivity contribution in [2.75, 3.05) is 13.6 Å². The van der Waals surface area contributed by atoms with Gasteiger partial charge in [-0.1, -0.05) is 33.3 Å². The number of nitrogens with one attached hydrogen (secondary N) is 1. The van der Waals surface area contributed by atoms with E-state index in [1.165, 1.54) is 29.5 Å². The van der Waals surface area contributed by atoms with Crippen LogP contribution in [0.4, 0.5) is 0 Å². The zero-order chi connectivity index (χ0) is 18.4. The first-order chi connectivity index (χ1) is 11.9. The Kier molecular flexibility index (Phi) is 7.06. The van der Waals surface area contributed by atoms with Crippen molar-refractivity contribution in [2.45, 2.75) is 66.0 Å². The number of nitrogens with zero attached hydrogens (tertiary/aromatic N) is 2. The summed E-state index contributed by atoms with van der Waals surface area (Å²) >= 11 is 0. The lowest BCUT2D eigenvalue weighted by atomic mass is 9.97.